The van der Waals surface area contributed by atoms with E-state index in [4.69, 9.17) is 0 Å². The normalized spacial score (nSPS) is 19.1. The molecule has 1 saturated carbocycles. The van der Waals surface area contributed by atoms with Crippen LogP contribution in [0.4, 0.5) is 0 Å². The summed E-state index contributed by atoms with van der Waals surface area (Å²) in [6, 6.07) is 0.887. The van der Waals surface area contributed by atoms with Gasteiger partial charge in [0.2, 0.25) is 0 Å². The van der Waals surface area contributed by atoms with Crippen molar-refractivity contribution in [3.05, 3.63) is 5.82 Å². The van der Waals surface area contributed by atoms with Gasteiger partial charge in [-0.05, 0) is 36.1 Å². The SMILES string of the molecule is CC(C)NCc1nnnn1C(C)C1CCCC1. The van der Waals surface area contributed by atoms with E-state index in [-0.39, 0.29) is 0 Å². The highest BCUT2D eigenvalue weighted by Gasteiger charge is 2.25. The van der Waals surface area contributed by atoms with Gasteiger partial charge in [0.1, 0.15) is 0 Å². The topological polar surface area (TPSA) is 55.6 Å². The van der Waals surface area contributed by atoms with Crippen molar-refractivity contribution in [1.29, 1.82) is 0 Å². The average molecular weight is 237 g/mol. The highest BCUT2D eigenvalue weighted by molar-refractivity contribution is 4.86. The van der Waals surface area contributed by atoms with Crippen LogP contribution < -0.4 is 5.32 Å². The summed E-state index contributed by atoms with van der Waals surface area (Å²) in [6.45, 7) is 7.26. The number of nitrogens with one attached hydrogen (secondary N) is 1. The smallest absolute Gasteiger partial charge is 0.165 e. The van der Waals surface area contributed by atoms with Crippen LogP contribution in [0, 0.1) is 5.92 Å². The van der Waals surface area contributed by atoms with E-state index in [9.17, 15) is 0 Å². The Bertz CT molecular complexity index is 340. The highest BCUT2D eigenvalue weighted by Crippen LogP contribution is 2.33. The van der Waals surface area contributed by atoms with E-state index in [1.807, 2.05) is 4.68 Å². The lowest BCUT2D eigenvalue weighted by Crippen LogP contribution is -2.26. The maximum absolute atomic E-state index is 4.15. The standard InChI is InChI=1S/C12H23N5/c1-9(2)13-8-12-14-15-16-17(12)10(3)11-6-4-5-7-11/h9-11,13H,4-8H2,1-3H3. The third kappa shape index (κ3) is 3.03. The highest BCUT2D eigenvalue weighted by atomic mass is 15.6. The van der Waals surface area contributed by atoms with Gasteiger partial charge in [0.05, 0.1) is 12.6 Å². The molecule has 0 radical (unpaired) electrons. The van der Waals surface area contributed by atoms with E-state index in [1.165, 1.54) is 25.7 Å². The van der Waals surface area contributed by atoms with Gasteiger partial charge >= 0.3 is 0 Å². The number of hydrogen-bond acceptors (Lipinski definition) is 4. The molecule has 1 aliphatic carbocycles. The molecule has 1 fully saturated rings. The molecule has 0 bridgehead atoms. The summed E-state index contributed by atoms with van der Waals surface area (Å²) in [7, 11) is 0. The molecule has 5 nitrogen and oxygen atoms in total. The van der Waals surface area contributed by atoms with Crippen molar-refractivity contribution in [2.45, 2.75) is 65.1 Å². The van der Waals surface area contributed by atoms with E-state index in [0.717, 1.165) is 18.3 Å². The first-order valence-electron chi connectivity index (χ1n) is 6.68. The minimum Gasteiger partial charge on any atom is -0.308 e. The van der Waals surface area contributed by atoms with E-state index in [2.05, 4.69) is 41.6 Å². The van der Waals surface area contributed by atoms with Crippen molar-refractivity contribution in [1.82, 2.24) is 25.5 Å². The fourth-order valence-corrected chi connectivity index (χ4v) is 2.58. The second kappa shape index (κ2) is 5.58. The third-order valence-electron chi connectivity index (χ3n) is 3.70. The maximum atomic E-state index is 4.15. The van der Waals surface area contributed by atoms with Gasteiger partial charge in [0.25, 0.3) is 0 Å². The average Bonchev–Trinajstić information content (AvgIpc) is 2.96. The predicted octanol–water partition coefficient (Wildman–Crippen LogP) is 1.92. The van der Waals surface area contributed by atoms with Crippen molar-refractivity contribution >= 4 is 0 Å². The zero-order valence-corrected chi connectivity index (χ0v) is 11.1. The van der Waals surface area contributed by atoms with Gasteiger partial charge in [-0.15, -0.1) is 5.10 Å². The third-order valence-corrected chi connectivity index (χ3v) is 3.70. The molecule has 96 valence electrons. The number of hydrogen-bond donors (Lipinski definition) is 1. The van der Waals surface area contributed by atoms with Gasteiger partial charge in [-0.25, -0.2) is 4.68 Å². The van der Waals surface area contributed by atoms with Crippen molar-refractivity contribution in [2.24, 2.45) is 5.92 Å². The van der Waals surface area contributed by atoms with E-state index < -0.39 is 0 Å². The fraction of sp³-hybridized carbons (Fsp3) is 0.917. The molecular formula is C12H23N5. The van der Waals surface area contributed by atoms with Crippen LogP contribution in [0.1, 0.15) is 58.3 Å². The monoisotopic (exact) mass is 237 g/mol. The Morgan fingerprint density at radius 1 is 1.29 bits per heavy atom. The zero-order valence-electron chi connectivity index (χ0n) is 11.1. The van der Waals surface area contributed by atoms with E-state index in [1.54, 1.807) is 0 Å². The maximum Gasteiger partial charge on any atom is 0.165 e. The van der Waals surface area contributed by atoms with E-state index in [0.29, 0.717) is 12.1 Å². The Balaban J connectivity index is 2.01. The first kappa shape index (κ1) is 12.5. The Hall–Kier alpha value is -0.970. The molecule has 17 heavy (non-hydrogen) atoms. The molecule has 1 heterocycles. The van der Waals surface area contributed by atoms with Crippen LogP contribution in [0.2, 0.25) is 0 Å². The summed E-state index contributed by atoms with van der Waals surface area (Å²) < 4.78 is 2.01. The molecule has 1 aliphatic rings. The summed E-state index contributed by atoms with van der Waals surface area (Å²) in [5, 5.41) is 15.5. The molecule has 1 N–H and O–H groups in total. The number of tetrazole rings is 1. The minimum absolute atomic E-state index is 0.427. The lowest BCUT2D eigenvalue weighted by Gasteiger charge is -2.20. The number of aromatic nitrogens is 4. The lowest BCUT2D eigenvalue weighted by atomic mass is 10.00. The first-order chi connectivity index (χ1) is 8.18. The Morgan fingerprint density at radius 3 is 2.65 bits per heavy atom. The summed E-state index contributed by atoms with van der Waals surface area (Å²) >= 11 is 0. The van der Waals surface area contributed by atoms with Gasteiger partial charge in [-0.2, -0.15) is 0 Å². The Kier molecular flexibility index (Phi) is 4.10. The Labute approximate surface area is 103 Å². The second-order valence-corrected chi connectivity index (χ2v) is 5.36. The molecule has 1 aromatic rings. The molecule has 0 aromatic carbocycles. The Morgan fingerprint density at radius 2 is 2.00 bits per heavy atom. The van der Waals surface area contributed by atoms with Gasteiger partial charge in [0, 0.05) is 6.04 Å². The number of nitrogens with zero attached hydrogens (tertiary/aromatic N) is 4. The van der Waals surface area contributed by atoms with Crippen molar-refractivity contribution < 1.29 is 0 Å². The van der Waals surface area contributed by atoms with Crippen LogP contribution in [-0.4, -0.2) is 26.2 Å². The summed E-state index contributed by atoms with van der Waals surface area (Å²) in [4.78, 5) is 0. The van der Waals surface area contributed by atoms with Crippen molar-refractivity contribution in [3.8, 4) is 0 Å². The van der Waals surface area contributed by atoms with Crippen LogP contribution in [-0.2, 0) is 6.54 Å². The van der Waals surface area contributed by atoms with Gasteiger partial charge < -0.3 is 5.32 Å². The van der Waals surface area contributed by atoms with Crippen LogP contribution >= 0.6 is 0 Å². The van der Waals surface area contributed by atoms with Crippen molar-refractivity contribution in [3.63, 3.8) is 0 Å². The summed E-state index contributed by atoms with van der Waals surface area (Å²) in [5.41, 5.74) is 0. The molecule has 0 aliphatic heterocycles. The second-order valence-electron chi connectivity index (χ2n) is 5.36. The van der Waals surface area contributed by atoms with Crippen molar-refractivity contribution in [2.75, 3.05) is 0 Å². The van der Waals surface area contributed by atoms with Gasteiger partial charge in [0.15, 0.2) is 5.82 Å². The summed E-state index contributed by atoms with van der Waals surface area (Å²) in [5.74, 6) is 1.70. The number of rotatable bonds is 5. The largest absolute Gasteiger partial charge is 0.308 e. The summed E-state index contributed by atoms with van der Waals surface area (Å²) in [6.07, 6.45) is 5.35. The molecule has 0 saturated heterocycles. The molecule has 0 spiro atoms. The predicted molar refractivity (Wildman–Crippen MR) is 66.5 cm³/mol. The minimum atomic E-state index is 0.427. The molecule has 1 atom stereocenters. The van der Waals surface area contributed by atoms with Crippen LogP contribution in [0.3, 0.4) is 0 Å². The molecule has 5 heteroatoms. The lowest BCUT2D eigenvalue weighted by molar-refractivity contribution is 0.318. The van der Waals surface area contributed by atoms with Gasteiger partial charge in [-0.3, -0.25) is 0 Å². The van der Waals surface area contributed by atoms with E-state index >= 15 is 0 Å². The molecule has 2 rings (SSSR count). The van der Waals surface area contributed by atoms with Crippen LogP contribution in [0.25, 0.3) is 0 Å². The van der Waals surface area contributed by atoms with Gasteiger partial charge in [-0.1, -0.05) is 26.7 Å². The molecule has 1 unspecified atom stereocenters. The molecule has 0 amide bonds. The fourth-order valence-electron chi connectivity index (χ4n) is 2.58. The quantitative estimate of drug-likeness (QED) is 0.850. The van der Waals surface area contributed by atoms with Crippen LogP contribution in [0.15, 0.2) is 0 Å². The molecule has 1 aromatic heterocycles. The molecular weight excluding hydrogens is 214 g/mol. The zero-order chi connectivity index (χ0) is 12.3. The first-order valence-corrected chi connectivity index (χ1v) is 6.68. The van der Waals surface area contributed by atoms with Crippen LogP contribution in [0.5, 0.6) is 0 Å².